The van der Waals surface area contributed by atoms with Gasteiger partial charge in [-0.05, 0) is 55.9 Å². The van der Waals surface area contributed by atoms with Gasteiger partial charge in [-0.25, -0.2) is 5.43 Å². The monoisotopic (exact) mass is 349 g/mol. The third-order valence-corrected chi connectivity index (χ3v) is 4.49. The summed E-state index contributed by atoms with van der Waals surface area (Å²) in [5.41, 5.74) is 5.22. The highest BCUT2D eigenvalue weighted by Crippen LogP contribution is 2.21. The van der Waals surface area contributed by atoms with E-state index in [4.69, 9.17) is 11.6 Å². The van der Waals surface area contributed by atoms with Crippen LogP contribution in [0, 0.1) is 12.8 Å². The molecule has 2 amide bonds. The van der Waals surface area contributed by atoms with Crippen LogP contribution in [0.2, 0.25) is 5.02 Å². The summed E-state index contributed by atoms with van der Waals surface area (Å²) >= 11 is 5.89. The van der Waals surface area contributed by atoms with E-state index < -0.39 is 0 Å². The number of carbonyl (C=O) groups excluding carboxylic acids is 2. The quantitative estimate of drug-likeness (QED) is 0.787. The van der Waals surface area contributed by atoms with Crippen LogP contribution in [-0.4, -0.2) is 17.5 Å². The van der Waals surface area contributed by atoms with Gasteiger partial charge in [-0.15, -0.1) is 0 Å². The zero-order valence-electron chi connectivity index (χ0n) is 14.2. The molecule has 1 aromatic carbocycles. The molecule has 0 radical (unpaired) electrons. The van der Waals surface area contributed by atoms with E-state index in [1.54, 1.807) is 18.2 Å². The molecule has 0 heterocycles. The first kappa shape index (κ1) is 18.5. The number of amides is 2. The van der Waals surface area contributed by atoms with E-state index in [0.29, 0.717) is 16.6 Å². The summed E-state index contributed by atoms with van der Waals surface area (Å²) in [6, 6.07) is 5.26. The molecule has 2 N–H and O–H groups in total. The van der Waals surface area contributed by atoms with Crippen LogP contribution in [0.1, 0.15) is 51.0 Å². The van der Waals surface area contributed by atoms with Crippen LogP contribution in [0.5, 0.6) is 0 Å². The summed E-state index contributed by atoms with van der Waals surface area (Å²) in [4.78, 5) is 23.8. The van der Waals surface area contributed by atoms with Crippen molar-refractivity contribution in [3.63, 3.8) is 0 Å². The Kier molecular flexibility index (Phi) is 6.79. The van der Waals surface area contributed by atoms with Crippen molar-refractivity contribution >= 4 is 34.8 Å². The second-order valence-electron chi connectivity index (χ2n) is 6.29. The lowest BCUT2D eigenvalue weighted by Gasteiger charge is -2.19. The van der Waals surface area contributed by atoms with E-state index >= 15 is 0 Å². The number of hydrogen-bond donors (Lipinski definition) is 2. The van der Waals surface area contributed by atoms with Gasteiger partial charge in [0.25, 0.3) is 0 Å². The van der Waals surface area contributed by atoms with Crippen LogP contribution >= 0.6 is 11.6 Å². The average Bonchev–Trinajstić information content (AvgIpc) is 2.55. The Morgan fingerprint density at radius 1 is 1.25 bits per heavy atom. The maximum absolute atomic E-state index is 12.0. The SMILES string of the molecule is Cc1cc(Cl)ccc1NC(=O)CCC(=O)N/N=C1\CCCCC1C. The maximum atomic E-state index is 12.0. The molecule has 0 spiro atoms. The molecule has 1 fully saturated rings. The van der Waals surface area contributed by atoms with Gasteiger partial charge in [0.15, 0.2) is 0 Å². The number of hydrogen-bond acceptors (Lipinski definition) is 3. The summed E-state index contributed by atoms with van der Waals surface area (Å²) in [6.45, 7) is 4.00. The number of nitrogens with one attached hydrogen (secondary N) is 2. The molecule has 0 aromatic heterocycles. The minimum absolute atomic E-state index is 0.115. The van der Waals surface area contributed by atoms with E-state index in [9.17, 15) is 9.59 Å². The molecule has 0 bridgehead atoms. The number of aryl methyl sites for hydroxylation is 1. The largest absolute Gasteiger partial charge is 0.326 e. The van der Waals surface area contributed by atoms with Crippen molar-refractivity contribution < 1.29 is 9.59 Å². The molecule has 1 atom stereocenters. The van der Waals surface area contributed by atoms with E-state index in [-0.39, 0.29) is 24.7 Å². The van der Waals surface area contributed by atoms with Gasteiger partial charge >= 0.3 is 0 Å². The van der Waals surface area contributed by atoms with Crippen molar-refractivity contribution in [1.29, 1.82) is 0 Å². The minimum Gasteiger partial charge on any atom is -0.326 e. The molecule has 24 heavy (non-hydrogen) atoms. The fourth-order valence-electron chi connectivity index (χ4n) is 2.73. The molecule has 1 aliphatic rings. The Hall–Kier alpha value is -1.88. The van der Waals surface area contributed by atoms with Crippen molar-refractivity contribution in [1.82, 2.24) is 5.43 Å². The molecule has 1 aliphatic carbocycles. The lowest BCUT2D eigenvalue weighted by atomic mass is 9.89. The molecule has 1 aromatic rings. The van der Waals surface area contributed by atoms with Gasteiger partial charge in [-0.2, -0.15) is 5.10 Å². The molecule has 1 unspecified atom stereocenters. The first-order valence-corrected chi connectivity index (χ1v) is 8.75. The second kappa shape index (κ2) is 8.83. The first-order chi connectivity index (χ1) is 11.5. The highest BCUT2D eigenvalue weighted by molar-refractivity contribution is 6.30. The fourth-order valence-corrected chi connectivity index (χ4v) is 2.96. The topological polar surface area (TPSA) is 70.6 Å². The predicted octanol–water partition coefficient (Wildman–Crippen LogP) is 4.05. The lowest BCUT2D eigenvalue weighted by Crippen LogP contribution is -2.25. The Morgan fingerprint density at radius 2 is 2.00 bits per heavy atom. The van der Waals surface area contributed by atoms with Crippen molar-refractivity contribution in [3.8, 4) is 0 Å². The van der Waals surface area contributed by atoms with Gasteiger partial charge in [-0.1, -0.05) is 24.9 Å². The number of rotatable bonds is 5. The zero-order chi connectivity index (χ0) is 17.5. The Labute approximate surface area is 147 Å². The molecule has 0 saturated heterocycles. The Morgan fingerprint density at radius 3 is 2.71 bits per heavy atom. The number of halogens is 1. The van der Waals surface area contributed by atoms with E-state index in [2.05, 4.69) is 22.8 Å². The summed E-state index contributed by atoms with van der Waals surface area (Å²) in [5.74, 6) is -0.00672. The van der Waals surface area contributed by atoms with Crippen LogP contribution in [0.15, 0.2) is 23.3 Å². The minimum atomic E-state index is -0.233. The molecule has 6 heteroatoms. The molecule has 1 saturated carbocycles. The van der Waals surface area contributed by atoms with Crippen LogP contribution in [0.4, 0.5) is 5.69 Å². The zero-order valence-corrected chi connectivity index (χ0v) is 14.9. The third-order valence-electron chi connectivity index (χ3n) is 4.25. The second-order valence-corrected chi connectivity index (χ2v) is 6.73. The molecule has 2 rings (SSSR count). The third kappa shape index (κ3) is 5.64. The van der Waals surface area contributed by atoms with Crippen molar-refractivity contribution in [2.45, 2.75) is 52.4 Å². The highest BCUT2D eigenvalue weighted by Gasteiger charge is 2.16. The summed E-state index contributed by atoms with van der Waals surface area (Å²) in [7, 11) is 0. The van der Waals surface area contributed by atoms with Crippen LogP contribution in [0.25, 0.3) is 0 Å². The summed E-state index contributed by atoms with van der Waals surface area (Å²) in [6.07, 6.45) is 4.65. The number of hydrazone groups is 1. The Balaban J connectivity index is 1.76. The normalized spacial score (nSPS) is 19.1. The predicted molar refractivity (Wildman–Crippen MR) is 97.3 cm³/mol. The number of anilines is 1. The van der Waals surface area contributed by atoms with Crippen molar-refractivity contribution in [3.05, 3.63) is 28.8 Å². The van der Waals surface area contributed by atoms with Gasteiger partial charge in [0.1, 0.15) is 0 Å². The van der Waals surface area contributed by atoms with E-state index in [1.807, 2.05) is 6.92 Å². The van der Waals surface area contributed by atoms with Crippen molar-refractivity contribution in [2.75, 3.05) is 5.32 Å². The first-order valence-electron chi connectivity index (χ1n) is 8.37. The lowest BCUT2D eigenvalue weighted by molar-refractivity contribution is -0.124. The smallest absolute Gasteiger partial charge is 0.240 e. The van der Waals surface area contributed by atoms with E-state index in [1.165, 1.54) is 6.42 Å². The molecular weight excluding hydrogens is 326 g/mol. The van der Waals surface area contributed by atoms with E-state index in [0.717, 1.165) is 30.5 Å². The van der Waals surface area contributed by atoms with Crippen LogP contribution < -0.4 is 10.7 Å². The highest BCUT2D eigenvalue weighted by atomic mass is 35.5. The van der Waals surface area contributed by atoms with Gasteiger partial charge in [0.2, 0.25) is 11.8 Å². The number of carbonyl (C=O) groups is 2. The Bertz CT molecular complexity index is 643. The fraction of sp³-hybridized carbons (Fsp3) is 0.500. The maximum Gasteiger partial charge on any atom is 0.240 e. The van der Waals surface area contributed by atoms with Gasteiger partial charge in [-0.3, -0.25) is 9.59 Å². The van der Waals surface area contributed by atoms with Gasteiger partial charge < -0.3 is 5.32 Å². The van der Waals surface area contributed by atoms with Crippen molar-refractivity contribution in [2.24, 2.45) is 11.0 Å². The van der Waals surface area contributed by atoms with Crippen LogP contribution in [-0.2, 0) is 9.59 Å². The molecule has 5 nitrogen and oxygen atoms in total. The number of nitrogens with zero attached hydrogens (tertiary/aromatic N) is 1. The molecule has 0 aliphatic heterocycles. The van der Waals surface area contributed by atoms with Gasteiger partial charge in [0.05, 0.1) is 0 Å². The average molecular weight is 350 g/mol. The molecular formula is C18H24ClN3O2. The van der Waals surface area contributed by atoms with Crippen LogP contribution in [0.3, 0.4) is 0 Å². The van der Waals surface area contributed by atoms with Gasteiger partial charge in [0, 0.05) is 29.3 Å². The standard InChI is InChI=1S/C18H24ClN3O2/c1-12-5-3-4-6-16(12)21-22-18(24)10-9-17(23)20-15-8-7-14(19)11-13(15)2/h7-8,11-12H,3-6,9-10H2,1-2H3,(H,20,23)(H,22,24)/b21-16+. The summed E-state index contributed by atoms with van der Waals surface area (Å²) in [5, 5.41) is 7.64. The summed E-state index contributed by atoms with van der Waals surface area (Å²) < 4.78 is 0. The molecule has 130 valence electrons. The number of benzene rings is 1.